The van der Waals surface area contributed by atoms with Crippen LogP contribution in [0.5, 0.6) is 0 Å². The van der Waals surface area contributed by atoms with E-state index in [1.165, 1.54) is 29.0 Å². The molecule has 1 aliphatic rings. The van der Waals surface area contributed by atoms with Gasteiger partial charge in [0.25, 0.3) is 11.8 Å². The molecule has 3 N–H and O–H groups in total. The summed E-state index contributed by atoms with van der Waals surface area (Å²) in [6.07, 6.45) is 3.21. The van der Waals surface area contributed by atoms with E-state index < -0.39 is 64.1 Å². The number of nitrogens with zero attached hydrogens (tertiary/aromatic N) is 3. The molecule has 0 saturated carbocycles. The molecule has 14 nitrogen and oxygen atoms in total. The van der Waals surface area contributed by atoms with E-state index in [9.17, 15) is 33.6 Å². The molecule has 1 aromatic carbocycles. The lowest BCUT2D eigenvalue weighted by Crippen LogP contribution is -2.62. The summed E-state index contributed by atoms with van der Waals surface area (Å²) in [6, 6.07) is 7.28. The minimum atomic E-state index is -1.06. The summed E-state index contributed by atoms with van der Waals surface area (Å²) in [4.78, 5) is 93.2. The highest BCUT2D eigenvalue weighted by molar-refractivity contribution is 6.12. The van der Waals surface area contributed by atoms with Crippen molar-refractivity contribution in [2.45, 2.75) is 91.8 Å². The summed E-state index contributed by atoms with van der Waals surface area (Å²) >= 11 is 0. The fraction of sp³-hybridized carbons (Fsp3) is 0.553. The zero-order valence-electron chi connectivity index (χ0n) is 32.4. The molecule has 1 unspecified atom stereocenters. The summed E-state index contributed by atoms with van der Waals surface area (Å²) < 4.78 is 5.62. The molecule has 2 atom stereocenters. The second-order valence-electron chi connectivity index (χ2n) is 15.5. The van der Waals surface area contributed by atoms with Crippen molar-refractivity contribution in [1.29, 1.82) is 0 Å². The maximum Gasteiger partial charge on any atom is 0.410 e. The molecular formula is C38H56N6O8. The number of carbonyl (C=O) groups is 7. The molecule has 2 rings (SSSR count). The number of rotatable bonds is 15. The van der Waals surface area contributed by atoms with Crippen LogP contribution in [-0.2, 0) is 38.9 Å². The topological polar surface area (TPSA) is 175 Å². The smallest absolute Gasteiger partial charge is 0.410 e. The van der Waals surface area contributed by atoms with Gasteiger partial charge in [-0.1, -0.05) is 71.0 Å². The van der Waals surface area contributed by atoms with Gasteiger partial charge in [-0.25, -0.2) is 4.79 Å². The Kier molecular flexibility index (Phi) is 14.9. The van der Waals surface area contributed by atoms with Crippen molar-refractivity contribution >= 4 is 41.5 Å². The predicted molar refractivity (Wildman–Crippen MR) is 197 cm³/mol. The average Bonchev–Trinajstić information content (AvgIpc) is 3.36. The fourth-order valence-electron chi connectivity index (χ4n) is 5.48. The first-order chi connectivity index (χ1) is 24.0. The predicted octanol–water partition coefficient (Wildman–Crippen LogP) is 2.68. The monoisotopic (exact) mass is 724 g/mol. The van der Waals surface area contributed by atoms with Gasteiger partial charge in [-0.3, -0.25) is 38.6 Å². The standard InChI is InChI=1S/C38H56N6O8/c1-25(32(48)40-21-19-27(45)39-22-24-44-28(46)17-18-29(44)47)20-23-42(10)34(50)30(36(2,3)4)41-33(49)31(43(11)35(51)52-37(5,6)7)38(8,9)26-15-13-12-14-16-26/h12-18,20,30-31H,19,21-24H2,1-11H3,(H,39,45)(H,40,48)(H,41,49)/b25-20+/t30?,31-/m1/s1. The molecule has 0 radical (unpaired) electrons. The summed E-state index contributed by atoms with van der Waals surface area (Å²) in [5.74, 6) is -2.58. The lowest BCUT2D eigenvalue weighted by atomic mass is 9.76. The van der Waals surface area contributed by atoms with Crippen molar-refractivity contribution in [3.05, 3.63) is 59.7 Å². The highest BCUT2D eigenvalue weighted by atomic mass is 16.6. The molecule has 7 amide bonds. The van der Waals surface area contributed by atoms with Gasteiger partial charge < -0.3 is 25.6 Å². The van der Waals surface area contributed by atoms with Crippen molar-refractivity contribution in [3.8, 4) is 0 Å². The number of likely N-dealkylation sites (N-methyl/N-ethyl adjacent to an activating group) is 2. The summed E-state index contributed by atoms with van der Waals surface area (Å²) in [5, 5.41) is 8.21. The van der Waals surface area contributed by atoms with E-state index in [0.717, 1.165) is 10.5 Å². The number of hydrogen-bond donors (Lipinski definition) is 3. The van der Waals surface area contributed by atoms with Gasteiger partial charge in [0, 0.05) is 69.8 Å². The number of nitrogens with one attached hydrogen (secondary N) is 3. The molecule has 286 valence electrons. The molecule has 1 heterocycles. The zero-order valence-corrected chi connectivity index (χ0v) is 32.4. The molecule has 1 aromatic rings. The van der Waals surface area contributed by atoms with Gasteiger partial charge in [0.05, 0.1) is 0 Å². The van der Waals surface area contributed by atoms with Crippen molar-refractivity contribution in [2.75, 3.05) is 40.3 Å². The van der Waals surface area contributed by atoms with Gasteiger partial charge in [-0.15, -0.1) is 0 Å². The second kappa shape index (κ2) is 18.0. The number of amides is 7. The van der Waals surface area contributed by atoms with E-state index >= 15 is 0 Å². The van der Waals surface area contributed by atoms with Crippen LogP contribution in [0.4, 0.5) is 4.79 Å². The Labute approximate surface area is 307 Å². The molecule has 14 heteroatoms. The molecule has 52 heavy (non-hydrogen) atoms. The van der Waals surface area contributed by atoms with Crippen LogP contribution in [0.25, 0.3) is 0 Å². The molecule has 0 bridgehead atoms. The van der Waals surface area contributed by atoms with Gasteiger partial charge in [0.2, 0.25) is 23.6 Å². The van der Waals surface area contributed by atoms with Crippen LogP contribution in [-0.4, -0.2) is 114 Å². The Bertz CT molecular complexity index is 1540. The van der Waals surface area contributed by atoms with Crippen LogP contribution in [0.2, 0.25) is 0 Å². The minimum Gasteiger partial charge on any atom is -0.444 e. The van der Waals surface area contributed by atoms with Crippen molar-refractivity contribution in [2.24, 2.45) is 5.41 Å². The fourth-order valence-corrected chi connectivity index (χ4v) is 5.48. The Hall–Kier alpha value is -5.01. The van der Waals surface area contributed by atoms with E-state index in [1.807, 2.05) is 65.0 Å². The van der Waals surface area contributed by atoms with E-state index in [0.29, 0.717) is 5.57 Å². The molecule has 0 saturated heterocycles. The first kappa shape index (κ1) is 43.2. The summed E-state index contributed by atoms with van der Waals surface area (Å²) in [5.41, 5.74) is -1.30. The van der Waals surface area contributed by atoms with E-state index in [4.69, 9.17) is 4.74 Å². The maximum atomic E-state index is 14.3. The van der Waals surface area contributed by atoms with Crippen LogP contribution < -0.4 is 16.0 Å². The van der Waals surface area contributed by atoms with Crippen LogP contribution in [0, 0.1) is 5.41 Å². The van der Waals surface area contributed by atoms with Gasteiger partial charge in [-0.05, 0) is 38.7 Å². The third-order valence-corrected chi connectivity index (χ3v) is 8.52. The normalized spacial score (nSPS) is 14.8. The largest absolute Gasteiger partial charge is 0.444 e. The minimum absolute atomic E-state index is 0.0182. The van der Waals surface area contributed by atoms with Crippen LogP contribution >= 0.6 is 0 Å². The quantitative estimate of drug-likeness (QED) is 0.183. The highest BCUT2D eigenvalue weighted by Gasteiger charge is 2.45. The molecule has 0 aliphatic carbocycles. The van der Waals surface area contributed by atoms with Gasteiger partial charge in [0.15, 0.2) is 0 Å². The molecule has 0 fully saturated rings. The Morgan fingerprint density at radius 1 is 0.865 bits per heavy atom. The zero-order chi connectivity index (χ0) is 39.6. The van der Waals surface area contributed by atoms with Gasteiger partial charge >= 0.3 is 6.09 Å². The van der Waals surface area contributed by atoms with Crippen molar-refractivity contribution < 1.29 is 38.3 Å². The number of carbonyl (C=O) groups excluding carboxylic acids is 7. The van der Waals surface area contributed by atoms with Gasteiger partial charge in [0.1, 0.15) is 17.7 Å². The first-order valence-corrected chi connectivity index (χ1v) is 17.3. The Balaban J connectivity index is 2.09. The number of ether oxygens (including phenoxy) is 1. The molecule has 1 aliphatic heterocycles. The van der Waals surface area contributed by atoms with E-state index in [-0.39, 0.29) is 38.5 Å². The van der Waals surface area contributed by atoms with Crippen LogP contribution in [0.3, 0.4) is 0 Å². The van der Waals surface area contributed by atoms with Gasteiger partial charge in [-0.2, -0.15) is 0 Å². The number of hydrogen-bond acceptors (Lipinski definition) is 8. The number of imide groups is 1. The SMILES string of the molecule is C/C(=C\CN(C)C(=O)C(NC(=O)[C@@H](N(C)C(=O)OC(C)(C)C)C(C)(C)c1ccccc1)C(C)(C)C)C(=O)NCCC(=O)NCCN1C(=O)C=CC1=O. The second-order valence-corrected chi connectivity index (χ2v) is 15.5. The molecule has 0 aromatic heterocycles. The third-order valence-electron chi connectivity index (χ3n) is 8.52. The van der Waals surface area contributed by atoms with Crippen LogP contribution in [0.15, 0.2) is 54.1 Å². The van der Waals surface area contributed by atoms with E-state index in [2.05, 4.69) is 16.0 Å². The highest BCUT2D eigenvalue weighted by Crippen LogP contribution is 2.32. The van der Waals surface area contributed by atoms with Crippen LogP contribution in [0.1, 0.15) is 74.3 Å². The number of benzene rings is 1. The molecular weight excluding hydrogens is 668 g/mol. The summed E-state index contributed by atoms with van der Waals surface area (Å²) in [7, 11) is 3.07. The Morgan fingerprint density at radius 3 is 1.98 bits per heavy atom. The Morgan fingerprint density at radius 2 is 1.44 bits per heavy atom. The van der Waals surface area contributed by atoms with E-state index in [1.54, 1.807) is 40.8 Å². The van der Waals surface area contributed by atoms with Crippen molar-refractivity contribution in [1.82, 2.24) is 30.7 Å². The molecule has 0 spiro atoms. The lowest BCUT2D eigenvalue weighted by Gasteiger charge is -2.42. The lowest BCUT2D eigenvalue weighted by molar-refractivity contribution is -0.140. The summed E-state index contributed by atoms with van der Waals surface area (Å²) in [6.45, 7) is 16.2. The van der Waals surface area contributed by atoms with Crippen molar-refractivity contribution in [3.63, 3.8) is 0 Å². The maximum absolute atomic E-state index is 14.3. The average molecular weight is 725 g/mol. The first-order valence-electron chi connectivity index (χ1n) is 17.3. The third kappa shape index (κ3) is 12.3.